The van der Waals surface area contributed by atoms with Crippen LogP contribution in [0.4, 0.5) is 0 Å². The van der Waals surface area contributed by atoms with Crippen LogP contribution in [-0.4, -0.2) is 59.6 Å². The van der Waals surface area contributed by atoms with E-state index in [0.29, 0.717) is 17.7 Å². The van der Waals surface area contributed by atoms with Gasteiger partial charge in [-0.3, -0.25) is 14.7 Å². The van der Waals surface area contributed by atoms with Gasteiger partial charge in [0.2, 0.25) is 5.91 Å². The molecule has 3 aliphatic heterocycles. The lowest BCUT2D eigenvalue weighted by molar-refractivity contribution is -0.129. The summed E-state index contributed by atoms with van der Waals surface area (Å²) in [5.74, 6) is 1.55. The summed E-state index contributed by atoms with van der Waals surface area (Å²) < 4.78 is 6.08. The van der Waals surface area contributed by atoms with E-state index in [9.17, 15) is 4.79 Å². The van der Waals surface area contributed by atoms with Gasteiger partial charge in [0, 0.05) is 50.9 Å². The molecule has 0 N–H and O–H groups in total. The van der Waals surface area contributed by atoms with E-state index in [-0.39, 0.29) is 6.10 Å². The molecule has 124 valence electrons. The Morgan fingerprint density at radius 3 is 2.91 bits per heavy atom. The summed E-state index contributed by atoms with van der Waals surface area (Å²) >= 11 is 0. The molecule has 3 atom stereocenters. The molecule has 0 aliphatic carbocycles. The molecule has 0 radical (unpaired) electrons. The van der Waals surface area contributed by atoms with Gasteiger partial charge in [-0.2, -0.15) is 0 Å². The van der Waals surface area contributed by atoms with Gasteiger partial charge in [-0.15, -0.1) is 0 Å². The summed E-state index contributed by atoms with van der Waals surface area (Å²) in [4.78, 5) is 20.5. The van der Waals surface area contributed by atoms with Crippen molar-refractivity contribution in [3.63, 3.8) is 0 Å². The van der Waals surface area contributed by atoms with E-state index in [0.717, 1.165) is 52.2 Å². The standard InChI is InChI=1S/C18H25N3O2/c22-18-2-1-8-21(18)12-17-16-11-20(9-5-15(16)13-23-17)10-14-3-6-19-7-4-14/h3-4,6-7,15-17H,1-2,5,8-13H2/t15-,16-,17+/m1/s1. The number of hydrogen-bond donors (Lipinski definition) is 0. The number of carbonyl (C=O) groups is 1. The van der Waals surface area contributed by atoms with Crippen molar-refractivity contribution in [3.8, 4) is 0 Å². The van der Waals surface area contributed by atoms with Crippen LogP contribution in [-0.2, 0) is 16.1 Å². The van der Waals surface area contributed by atoms with Crippen LogP contribution < -0.4 is 0 Å². The molecule has 0 spiro atoms. The Hall–Kier alpha value is -1.46. The van der Waals surface area contributed by atoms with E-state index in [1.54, 1.807) is 0 Å². The predicted molar refractivity (Wildman–Crippen MR) is 86.7 cm³/mol. The lowest BCUT2D eigenvalue weighted by atomic mass is 9.84. The fraction of sp³-hybridized carbons (Fsp3) is 0.667. The van der Waals surface area contributed by atoms with Gasteiger partial charge >= 0.3 is 0 Å². The van der Waals surface area contributed by atoms with Crippen LogP contribution in [0, 0.1) is 11.8 Å². The SMILES string of the molecule is O=C1CCCN1C[C@@H]1OC[C@H]2CCN(Cc3ccncc3)C[C@H]21. The number of hydrogen-bond acceptors (Lipinski definition) is 4. The quantitative estimate of drug-likeness (QED) is 0.845. The molecule has 3 saturated heterocycles. The van der Waals surface area contributed by atoms with Crippen LogP contribution in [0.1, 0.15) is 24.8 Å². The number of pyridine rings is 1. The van der Waals surface area contributed by atoms with Gasteiger partial charge in [0.25, 0.3) is 0 Å². The molecule has 1 aromatic heterocycles. The van der Waals surface area contributed by atoms with Crippen LogP contribution in [0.25, 0.3) is 0 Å². The van der Waals surface area contributed by atoms with Crippen LogP contribution in [0.2, 0.25) is 0 Å². The van der Waals surface area contributed by atoms with Crippen molar-refractivity contribution in [1.82, 2.24) is 14.8 Å². The Balaban J connectivity index is 1.38. The molecule has 3 aliphatic rings. The number of aromatic nitrogens is 1. The first kappa shape index (κ1) is 15.1. The highest BCUT2D eigenvalue weighted by Gasteiger charge is 2.42. The number of fused-ring (bicyclic) bond motifs is 1. The fourth-order valence-corrected chi connectivity index (χ4v) is 4.29. The molecule has 0 aromatic carbocycles. The lowest BCUT2D eigenvalue weighted by Crippen LogP contribution is -2.45. The van der Waals surface area contributed by atoms with Crippen LogP contribution in [0.3, 0.4) is 0 Å². The maximum absolute atomic E-state index is 11.9. The first-order chi connectivity index (χ1) is 11.3. The van der Waals surface area contributed by atoms with Gasteiger partial charge in [0.15, 0.2) is 0 Å². The molecule has 1 amide bonds. The van der Waals surface area contributed by atoms with Gasteiger partial charge in [-0.25, -0.2) is 0 Å². The minimum absolute atomic E-state index is 0.224. The number of rotatable bonds is 4. The zero-order valence-electron chi connectivity index (χ0n) is 13.6. The van der Waals surface area contributed by atoms with Crippen LogP contribution >= 0.6 is 0 Å². The second-order valence-corrected chi connectivity index (χ2v) is 7.12. The van der Waals surface area contributed by atoms with Crippen molar-refractivity contribution in [1.29, 1.82) is 0 Å². The number of amides is 1. The predicted octanol–water partition coefficient (Wildman–Crippen LogP) is 1.54. The van der Waals surface area contributed by atoms with E-state index in [2.05, 4.69) is 22.0 Å². The highest BCUT2D eigenvalue weighted by molar-refractivity contribution is 5.78. The largest absolute Gasteiger partial charge is 0.376 e. The molecule has 0 bridgehead atoms. The van der Waals surface area contributed by atoms with E-state index in [4.69, 9.17) is 4.74 Å². The zero-order chi connectivity index (χ0) is 15.6. The van der Waals surface area contributed by atoms with Crippen molar-refractivity contribution < 1.29 is 9.53 Å². The topological polar surface area (TPSA) is 45.7 Å². The average molecular weight is 315 g/mol. The third-order valence-corrected chi connectivity index (χ3v) is 5.62. The van der Waals surface area contributed by atoms with E-state index >= 15 is 0 Å². The maximum atomic E-state index is 11.9. The monoisotopic (exact) mass is 315 g/mol. The summed E-state index contributed by atoms with van der Waals surface area (Å²) in [5, 5.41) is 0. The second kappa shape index (κ2) is 6.57. The number of ether oxygens (including phenoxy) is 1. The minimum atomic E-state index is 0.224. The summed E-state index contributed by atoms with van der Waals surface area (Å²) in [6.45, 7) is 5.80. The molecule has 23 heavy (non-hydrogen) atoms. The molecule has 5 heteroatoms. The Labute approximate surface area is 137 Å². The number of carbonyl (C=O) groups excluding carboxylic acids is 1. The molecular formula is C18H25N3O2. The highest BCUT2D eigenvalue weighted by Crippen LogP contribution is 2.35. The first-order valence-electron chi connectivity index (χ1n) is 8.80. The maximum Gasteiger partial charge on any atom is 0.222 e. The van der Waals surface area contributed by atoms with Crippen molar-refractivity contribution in [2.75, 3.05) is 32.8 Å². The van der Waals surface area contributed by atoms with Gasteiger partial charge in [0.05, 0.1) is 12.7 Å². The summed E-state index contributed by atoms with van der Waals surface area (Å²) in [5.41, 5.74) is 1.32. The Morgan fingerprint density at radius 1 is 1.26 bits per heavy atom. The molecule has 4 heterocycles. The Morgan fingerprint density at radius 2 is 2.13 bits per heavy atom. The van der Waals surface area contributed by atoms with Crippen LogP contribution in [0.15, 0.2) is 24.5 Å². The zero-order valence-corrected chi connectivity index (χ0v) is 13.6. The molecule has 0 saturated carbocycles. The van der Waals surface area contributed by atoms with Gasteiger partial charge in [-0.05, 0) is 43.0 Å². The van der Waals surface area contributed by atoms with Crippen molar-refractivity contribution in [2.24, 2.45) is 11.8 Å². The van der Waals surface area contributed by atoms with E-state index in [1.165, 1.54) is 12.0 Å². The number of piperidine rings is 1. The third kappa shape index (κ3) is 3.26. The van der Waals surface area contributed by atoms with Crippen molar-refractivity contribution >= 4 is 5.91 Å². The van der Waals surface area contributed by atoms with Gasteiger partial charge in [-0.1, -0.05) is 0 Å². The lowest BCUT2D eigenvalue weighted by Gasteiger charge is -2.36. The molecule has 5 nitrogen and oxygen atoms in total. The first-order valence-corrected chi connectivity index (χ1v) is 8.80. The highest BCUT2D eigenvalue weighted by atomic mass is 16.5. The molecule has 3 fully saturated rings. The third-order valence-electron chi connectivity index (χ3n) is 5.62. The minimum Gasteiger partial charge on any atom is -0.376 e. The smallest absolute Gasteiger partial charge is 0.222 e. The summed E-state index contributed by atoms with van der Waals surface area (Å²) in [7, 11) is 0. The average Bonchev–Trinajstić information content (AvgIpc) is 3.16. The van der Waals surface area contributed by atoms with Gasteiger partial charge in [0.1, 0.15) is 0 Å². The second-order valence-electron chi connectivity index (χ2n) is 7.12. The normalized spacial score (nSPS) is 31.6. The van der Waals surface area contributed by atoms with E-state index < -0.39 is 0 Å². The Bertz CT molecular complexity index is 550. The van der Waals surface area contributed by atoms with Gasteiger partial charge < -0.3 is 9.64 Å². The number of likely N-dealkylation sites (tertiary alicyclic amines) is 2. The summed E-state index contributed by atoms with van der Waals surface area (Å²) in [6, 6.07) is 4.19. The molecule has 4 rings (SSSR count). The molecular weight excluding hydrogens is 290 g/mol. The molecule has 1 aromatic rings. The van der Waals surface area contributed by atoms with Crippen LogP contribution in [0.5, 0.6) is 0 Å². The Kier molecular flexibility index (Phi) is 4.31. The van der Waals surface area contributed by atoms with E-state index in [1.807, 2.05) is 17.3 Å². The number of nitrogens with zero attached hydrogens (tertiary/aromatic N) is 3. The molecule has 0 unspecified atom stereocenters. The summed E-state index contributed by atoms with van der Waals surface area (Å²) in [6.07, 6.45) is 6.89. The fourth-order valence-electron chi connectivity index (χ4n) is 4.29. The van der Waals surface area contributed by atoms with Crippen molar-refractivity contribution in [2.45, 2.75) is 31.9 Å². The van der Waals surface area contributed by atoms with Crippen molar-refractivity contribution in [3.05, 3.63) is 30.1 Å².